The number of aromatic nitrogens is 1. The monoisotopic (exact) mass is 262 g/mol. The minimum Gasteiger partial charge on any atom is -0.358 e. The molecule has 3 heteroatoms. The molecule has 18 heavy (non-hydrogen) atoms. The van der Waals surface area contributed by atoms with Gasteiger partial charge in [-0.3, -0.25) is 0 Å². The minimum atomic E-state index is 0. The summed E-state index contributed by atoms with van der Waals surface area (Å²) in [7, 11) is 0. The summed E-state index contributed by atoms with van der Waals surface area (Å²) in [6, 6.07) is 11.1. The smallest absolute Gasteiger partial charge is 0.0459 e. The summed E-state index contributed by atoms with van der Waals surface area (Å²) in [5.41, 5.74) is 6.76. The molecule has 96 valence electrons. The second kappa shape index (κ2) is 5.59. The van der Waals surface area contributed by atoms with E-state index in [0.717, 1.165) is 25.9 Å². The van der Waals surface area contributed by atoms with Gasteiger partial charge in [0.05, 0.1) is 0 Å². The third kappa shape index (κ3) is 2.45. The number of fused-ring (bicyclic) bond motifs is 1. The Labute approximate surface area is 114 Å². The minimum absolute atomic E-state index is 0. The van der Waals surface area contributed by atoms with Crippen LogP contribution in [0.15, 0.2) is 30.3 Å². The van der Waals surface area contributed by atoms with Crippen LogP contribution < -0.4 is 5.32 Å². The van der Waals surface area contributed by atoms with E-state index in [0.29, 0.717) is 0 Å². The number of hydrogen-bond acceptors (Lipinski definition) is 1. The molecule has 2 nitrogen and oxygen atoms in total. The lowest BCUT2D eigenvalue weighted by Gasteiger charge is -2.11. The molecule has 0 spiro atoms. The highest BCUT2D eigenvalue weighted by Gasteiger charge is 2.12. The molecule has 0 bridgehead atoms. The van der Waals surface area contributed by atoms with Gasteiger partial charge in [-0.15, -0.1) is 12.4 Å². The molecule has 0 saturated heterocycles. The zero-order chi connectivity index (χ0) is 11.7. The third-order valence-corrected chi connectivity index (χ3v) is 3.53. The molecule has 0 atom stereocenters. The quantitative estimate of drug-likeness (QED) is 0.854. The van der Waals surface area contributed by atoms with E-state index in [1.807, 2.05) is 0 Å². The fourth-order valence-corrected chi connectivity index (χ4v) is 2.43. The van der Waals surface area contributed by atoms with E-state index in [1.165, 1.54) is 28.1 Å². The molecule has 2 aromatic rings. The Morgan fingerprint density at radius 3 is 2.61 bits per heavy atom. The van der Waals surface area contributed by atoms with Crippen molar-refractivity contribution in [2.75, 3.05) is 6.54 Å². The van der Waals surface area contributed by atoms with Crippen LogP contribution >= 0.6 is 12.4 Å². The van der Waals surface area contributed by atoms with E-state index in [9.17, 15) is 0 Å². The van der Waals surface area contributed by atoms with Crippen LogP contribution in [0.5, 0.6) is 0 Å². The molecule has 0 fully saturated rings. The van der Waals surface area contributed by atoms with Crippen molar-refractivity contribution in [3.63, 3.8) is 0 Å². The summed E-state index contributed by atoms with van der Waals surface area (Å²) >= 11 is 0. The average Bonchev–Trinajstić information content (AvgIpc) is 2.82. The van der Waals surface area contributed by atoms with Gasteiger partial charge >= 0.3 is 0 Å². The number of H-pyrrole nitrogens is 1. The van der Waals surface area contributed by atoms with Crippen molar-refractivity contribution >= 4 is 12.4 Å². The van der Waals surface area contributed by atoms with E-state index in [1.54, 1.807) is 0 Å². The maximum atomic E-state index is 3.55. The van der Waals surface area contributed by atoms with Gasteiger partial charge in [0.15, 0.2) is 0 Å². The maximum absolute atomic E-state index is 3.55. The van der Waals surface area contributed by atoms with Gasteiger partial charge in [-0.1, -0.05) is 31.2 Å². The number of halogens is 1. The van der Waals surface area contributed by atoms with Gasteiger partial charge in [-0.05, 0) is 29.2 Å². The van der Waals surface area contributed by atoms with Crippen LogP contribution in [0.1, 0.15) is 23.7 Å². The van der Waals surface area contributed by atoms with E-state index in [4.69, 9.17) is 0 Å². The predicted molar refractivity (Wildman–Crippen MR) is 78.3 cm³/mol. The molecule has 0 unspecified atom stereocenters. The van der Waals surface area contributed by atoms with Crippen molar-refractivity contribution in [3.05, 3.63) is 47.2 Å². The van der Waals surface area contributed by atoms with Gasteiger partial charge in [-0.2, -0.15) is 0 Å². The zero-order valence-corrected chi connectivity index (χ0v) is 11.4. The van der Waals surface area contributed by atoms with Crippen molar-refractivity contribution < 1.29 is 0 Å². The average molecular weight is 263 g/mol. The van der Waals surface area contributed by atoms with Crippen molar-refractivity contribution in [1.82, 2.24) is 10.3 Å². The number of rotatable bonds is 2. The molecule has 2 N–H and O–H groups in total. The van der Waals surface area contributed by atoms with Gasteiger partial charge in [0.2, 0.25) is 0 Å². The molecule has 0 radical (unpaired) electrons. The van der Waals surface area contributed by atoms with E-state index in [2.05, 4.69) is 47.6 Å². The normalized spacial score (nSPS) is 13.8. The SMILES string of the molecule is CCc1ccc(-c2cc3c([nH]2)CCNC3)cc1.Cl. The summed E-state index contributed by atoms with van der Waals surface area (Å²) in [4.78, 5) is 3.55. The molecule has 0 aliphatic carbocycles. The molecular weight excluding hydrogens is 244 g/mol. The molecule has 0 saturated carbocycles. The van der Waals surface area contributed by atoms with Gasteiger partial charge in [0.25, 0.3) is 0 Å². The summed E-state index contributed by atoms with van der Waals surface area (Å²) in [6.45, 7) is 4.27. The highest BCUT2D eigenvalue weighted by molar-refractivity contribution is 5.85. The standard InChI is InChI=1S/C15H18N2.ClH/c1-2-11-3-5-12(6-4-11)15-9-13-10-16-8-7-14(13)17-15;/h3-6,9,16-17H,2,7-8,10H2,1H3;1H. The van der Waals surface area contributed by atoms with Gasteiger partial charge in [-0.25, -0.2) is 0 Å². The van der Waals surface area contributed by atoms with Crippen LogP contribution in [0.25, 0.3) is 11.3 Å². The van der Waals surface area contributed by atoms with Crippen molar-refractivity contribution in [3.8, 4) is 11.3 Å². The second-order valence-electron chi connectivity index (χ2n) is 4.66. The van der Waals surface area contributed by atoms with Crippen LogP contribution in [0.4, 0.5) is 0 Å². The highest BCUT2D eigenvalue weighted by Crippen LogP contribution is 2.24. The molecule has 1 aromatic heterocycles. The number of aryl methyl sites for hydroxylation is 1. The molecule has 1 aliphatic heterocycles. The lowest BCUT2D eigenvalue weighted by atomic mass is 10.1. The Kier molecular flexibility index (Phi) is 4.10. The molecular formula is C15H19ClN2. The lowest BCUT2D eigenvalue weighted by Crippen LogP contribution is -2.22. The third-order valence-electron chi connectivity index (χ3n) is 3.53. The molecule has 3 rings (SSSR count). The summed E-state index contributed by atoms with van der Waals surface area (Å²) in [5, 5.41) is 3.40. The summed E-state index contributed by atoms with van der Waals surface area (Å²) in [6.07, 6.45) is 2.22. The highest BCUT2D eigenvalue weighted by atomic mass is 35.5. The number of hydrogen-bond donors (Lipinski definition) is 2. The van der Waals surface area contributed by atoms with Crippen molar-refractivity contribution in [1.29, 1.82) is 0 Å². The molecule has 1 aliphatic rings. The maximum Gasteiger partial charge on any atom is 0.0459 e. The number of benzene rings is 1. The fraction of sp³-hybridized carbons (Fsp3) is 0.333. The van der Waals surface area contributed by atoms with Crippen LogP contribution in [0.2, 0.25) is 0 Å². The largest absolute Gasteiger partial charge is 0.358 e. The predicted octanol–water partition coefficient (Wildman–Crippen LogP) is 3.31. The number of nitrogens with one attached hydrogen (secondary N) is 2. The molecule has 2 heterocycles. The number of aromatic amines is 1. The second-order valence-corrected chi connectivity index (χ2v) is 4.66. The van der Waals surface area contributed by atoms with Crippen LogP contribution in [0.3, 0.4) is 0 Å². The zero-order valence-electron chi connectivity index (χ0n) is 10.6. The van der Waals surface area contributed by atoms with Crippen molar-refractivity contribution in [2.24, 2.45) is 0 Å². The Morgan fingerprint density at radius 1 is 1.17 bits per heavy atom. The first-order valence-corrected chi connectivity index (χ1v) is 6.37. The first kappa shape index (κ1) is 13.2. The fourth-order valence-electron chi connectivity index (χ4n) is 2.43. The lowest BCUT2D eigenvalue weighted by molar-refractivity contribution is 0.638. The summed E-state index contributed by atoms with van der Waals surface area (Å²) < 4.78 is 0. The van der Waals surface area contributed by atoms with Gasteiger partial charge < -0.3 is 10.3 Å². The Balaban J connectivity index is 0.00000120. The molecule has 0 amide bonds. The van der Waals surface area contributed by atoms with Crippen LogP contribution in [-0.4, -0.2) is 11.5 Å². The Morgan fingerprint density at radius 2 is 1.94 bits per heavy atom. The van der Waals surface area contributed by atoms with Gasteiger partial charge in [0, 0.05) is 30.9 Å². The Hall–Kier alpha value is -1.25. The van der Waals surface area contributed by atoms with E-state index < -0.39 is 0 Å². The summed E-state index contributed by atoms with van der Waals surface area (Å²) in [5.74, 6) is 0. The van der Waals surface area contributed by atoms with Crippen LogP contribution in [0, 0.1) is 0 Å². The first-order chi connectivity index (χ1) is 8.36. The molecule has 1 aromatic carbocycles. The first-order valence-electron chi connectivity index (χ1n) is 6.37. The van der Waals surface area contributed by atoms with Crippen molar-refractivity contribution in [2.45, 2.75) is 26.3 Å². The van der Waals surface area contributed by atoms with Gasteiger partial charge in [0.1, 0.15) is 0 Å². The topological polar surface area (TPSA) is 27.8 Å². The van der Waals surface area contributed by atoms with Crippen LogP contribution in [-0.2, 0) is 19.4 Å². The Bertz CT molecular complexity index is 490. The van der Waals surface area contributed by atoms with E-state index in [-0.39, 0.29) is 12.4 Å². The van der Waals surface area contributed by atoms with E-state index >= 15 is 0 Å².